The van der Waals surface area contributed by atoms with Gasteiger partial charge in [0.05, 0.1) is 0 Å². The number of benzene rings is 1. The van der Waals surface area contributed by atoms with Crippen LogP contribution < -0.4 is 9.64 Å². The molecule has 0 aliphatic rings. The van der Waals surface area contributed by atoms with Gasteiger partial charge in [0.15, 0.2) is 0 Å². The number of hydrogen-bond donors (Lipinski definition) is 0. The maximum absolute atomic E-state index is 12.4. The number of nitrogens with zero attached hydrogens (tertiary/aromatic N) is 5. The highest BCUT2D eigenvalue weighted by Gasteiger charge is 2.31. The summed E-state index contributed by atoms with van der Waals surface area (Å²) >= 11 is 0. The van der Waals surface area contributed by atoms with Gasteiger partial charge in [0.2, 0.25) is 0 Å². The monoisotopic (exact) mass is 351 g/mol. The average molecular weight is 351 g/mol. The number of aryl methyl sites for hydroxylation is 1. The molecule has 0 saturated heterocycles. The summed E-state index contributed by atoms with van der Waals surface area (Å²) in [7, 11) is 1.83. The van der Waals surface area contributed by atoms with Crippen LogP contribution >= 0.6 is 0 Å². The Labute approximate surface area is 141 Å². The number of halogens is 3. The van der Waals surface area contributed by atoms with Gasteiger partial charge in [-0.15, -0.1) is 13.2 Å². The molecule has 0 unspecified atom stereocenters. The Hall–Kier alpha value is -2.84. The molecule has 2 aromatic heterocycles. The molecule has 3 aromatic rings. The van der Waals surface area contributed by atoms with Crippen LogP contribution in [-0.2, 0) is 6.54 Å². The van der Waals surface area contributed by atoms with Crippen molar-refractivity contribution in [3.8, 4) is 5.75 Å². The Morgan fingerprint density at radius 2 is 2.00 bits per heavy atom. The summed E-state index contributed by atoms with van der Waals surface area (Å²) in [5, 5.41) is 4.18. The molecule has 0 bridgehead atoms. The fraction of sp³-hybridized carbons (Fsp3) is 0.312. The Kier molecular flexibility index (Phi) is 4.23. The number of hydrogen-bond acceptors (Lipinski definition) is 5. The first-order valence-corrected chi connectivity index (χ1v) is 7.47. The fourth-order valence-electron chi connectivity index (χ4n) is 2.65. The van der Waals surface area contributed by atoms with E-state index in [1.807, 2.05) is 25.8 Å². The van der Waals surface area contributed by atoms with E-state index in [9.17, 15) is 13.2 Å². The van der Waals surface area contributed by atoms with Gasteiger partial charge < -0.3 is 9.64 Å². The summed E-state index contributed by atoms with van der Waals surface area (Å²) in [5.74, 6) is 1.01. The highest BCUT2D eigenvalue weighted by atomic mass is 19.4. The molecule has 0 aliphatic carbocycles. The summed E-state index contributed by atoms with van der Waals surface area (Å²) in [6.07, 6.45) is -3.30. The lowest BCUT2D eigenvalue weighted by Gasteiger charge is -2.23. The molecule has 0 saturated carbocycles. The van der Waals surface area contributed by atoms with Crippen molar-refractivity contribution < 1.29 is 17.9 Å². The van der Waals surface area contributed by atoms with Gasteiger partial charge in [-0.3, -0.25) is 0 Å². The maximum atomic E-state index is 12.4. The van der Waals surface area contributed by atoms with Crippen LogP contribution in [0.1, 0.15) is 16.8 Å². The summed E-state index contributed by atoms with van der Waals surface area (Å²) in [5.41, 5.74) is 2.41. The van der Waals surface area contributed by atoms with Crippen molar-refractivity contribution in [2.75, 3.05) is 11.9 Å². The second kappa shape index (κ2) is 6.23. The van der Waals surface area contributed by atoms with Gasteiger partial charge in [0.1, 0.15) is 17.9 Å². The fourth-order valence-corrected chi connectivity index (χ4v) is 2.65. The number of fused-ring (bicyclic) bond motifs is 1. The van der Waals surface area contributed by atoms with Crippen molar-refractivity contribution in [1.29, 1.82) is 0 Å². The minimum atomic E-state index is -4.71. The zero-order chi connectivity index (χ0) is 18.2. The van der Waals surface area contributed by atoms with Crippen molar-refractivity contribution in [2.45, 2.75) is 26.8 Å². The zero-order valence-corrected chi connectivity index (χ0v) is 13.9. The van der Waals surface area contributed by atoms with Crippen molar-refractivity contribution >= 4 is 11.6 Å². The number of aromatic nitrogens is 4. The van der Waals surface area contributed by atoms with Crippen molar-refractivity contribution in [2.24, 2.45) is 0 Å². The molecular formula is C16H16F3N5O. The predicted octanol–water partition coefficient (Wildman–Crippen LogP) is 3.28. The molecule has 2 heterocycles. The Morgan fingerprint density at radius 1 is 1.24 bits per heavy atom. The largest absolute Gasteiger partial charge is 0.573 e. The average Bonchev–Trinajstić information content (AvgIpc) is 2.94. The van der Waals surface area contributed by atoms with Crippen molar-refractivity contribution in [3.05, 3.63) is 47.4 Å². The Balaban J connectivity index is 1.91. The summed E-state index contributed by atoms with van der Waals surface area (Å²) in [4.78, 5) is 10.3. The molecule has 0 radical (unpaired) electrons. The molecular weight excluding hydrogens is 335 g/mol. The van der Waals surface area contributed by atoms with Gasteiger partial charge >= 0.3 is 6.36 Å². The minimum absolute atomic E-state index is 0.244. The van der Waals surface area contributed by atoms with Crippen LogP contribution in [0.5, 0.6) is 5.75 Å². The molecule has 0 spiro atoms. The first-order valence-electron chi connectivity index (χ1n) is 7.47. The second-order valence-corrected chi connectivity index (χ2v) is 5.67. The smallest absolute Gasteiger partial charge is 0.406 e. The standard InChI is InChI=1S/C16H16F3N5O/c1-10-11(2)22-15-20-9-21-24(15)14(10)23(3)8-12-5-4-6-13(7-12)25-16(17,18)19/h4-7,9H,8H2,1-3H3. The lowest BCUT2D eigenvalue weighted by atomic mass is 10.2. The SMILES string of the molecule is Cc1nc2ncnn2c(N(C)Cc2cccc(OC(F)(F)F)c2)c1C. The van der Waals surface area contributed by atoms with Crippen molar-refractivity contribution in [3.63, 3.8) is 0 Å². The highest BCUT2D eigenvalue weighted by molar-refractivity contribution is 5.53. The molecule has 132 valence electrons. The van der Waals surface area contributed by atoms with E-state index in [1.165, 1.54) is 24.5 Å². The van der Waals surface area contributed by atoms with Crippen LogP contribution in [0, 0.1) is 13.8 Å². The van der Waals surface area contributed by atoms with Gasteiger partial charge in [0.25, 0.3) is 5.78 Å². The van der Waals surface area contributed by atoms with E-state index in [0.29, 0.717) is 17.9 Å². The summed E-state index contributed by atoms with van der Waals surface area (Å²) in [6, 6.07) is 5.90. The topological polar surface area (TPSA) is 55.5 Å². The van der Waals surface area contributed by atoms with Gasteiger partial charge in [-0.25, -0.2) is 4.98 Å². The molecule has 1 aromatic carbocycles. The van der Waals surface area contributed by atoms with Crippen LogP contribution in [0.4, 0.5) is 19.0 Å². The summed E-state index contributed by atoms with van der Waals surface area (Å²) in [6.45, 7) is 4.16. The first-order chi connectivity index (χ1) is 11.7. The molecule has 9 heteroatoms. The maximum Gasteiger partial charge on any atom is 0.573 e. The van der Waals surface area contributed by atoms with Crippen LogP contribution in [0.15, 0.2) is 30.6 Å². The first kappa shape index (κ1) is 17.0. The third-order valence-corrected chi connectivity index (χ3v) is 3.79. The Bertz CT molecular complexity index is 906. The third-order valence-electron chi connectivity index (χ3n) is 3.79. The summed E-state index contributed by atoms with van der Waals surface area (Å²) < 4.78 is 42.7. The number of ether oxygens (including phenoxy) is 1. The third kappa shape index (κ3) is 3.65. The van der Waals surface area contributed by atoms with E-state index in [4.69, 9.17) is 0 Å². The quantitative estimate of drug-likeness (QED) is 0.722. The molecule has 6 nitrogen and oxygen atoms in total. The number of anilines is 1. The van der Waals surface area contributed by atoms with E-state index in [2.05, 4.69) is 19.8 Å². The Morgan fingerprint density at radius 3 is 2.72 bits per heavy atom. The zero-order valence-electron chi connectivity index (χ0n) is 13.9. The van der Waals surface area contributed by atoms with E-state index >= 15 is 0 Å². The van der Waals surface area contributed by atoms with Gasteiger partial charge in [-0.05, 0) is 31.5 Å². The predicted molar refractivity (Wildman–Crippen MR) is 85.5 cm³/mol. The minimum Gasteiger partial charge on any atom is -0.406 e. The van der Waals surface area contributed by atoms with E-state index < -0.39 is 6.36 Å². The van der Waals surface area contributed by atoms with E-state index in [0.717, 1.165) is 17.1 Å². The van der Waals surface area contributed by atoms with Crippen LogP contribution in [0.2, 0.25) is 0 Å². The lowest BCUT2D eigenvalue weighted by Crippen LogP contribution is -2.22. The molecule has 0 aliphatic heterocycles. The van der Waals surface area contributed by atoms with Crippen LogP contribution in [0.3, 0.4) is 0 Å². The van der Waals surface area contributed by atoms with E-state index in [1.54, 1.807) is 10.6 Å². The van der Waals surface area contributed by atoms with Gasteiger partial charge in [-0.2, -0.15) is 14.6 Å². The van der Waals surface area contributed by atoms with Crippen LogP contribution in [0.25, 0.3) is 5.78 Å². The van der Waals surface area contributed by atoms with E-state index in [-0.39, 0.29) is 5.75 Å². The van der Waals surface area contributed by atoms with Gasteiger partial charge in [0, 0.05) is 24.8 Å². The van der Waals surface area contributed by atoms with Gasteiger partial charge in [-0.1, -0.05) is 12.1 Å². The highest BCUT2D eigenvalue weighted by Crippen LogP contribution is 2.26. The molecule has 0 fully saturated rings. The second-order valence-electron chi connectivity index (χ2n) is 5.67. The molecule has 0 N–H and O–H groups in total. The lowest BCUT2D eigenvalue weighted by molar-refractivity contribution is -0.274. The molecule has 3 rings (SSSR count). The van der Waals surface area contributed by atoms with Crippen LogP contribution in [-0.4, -0.2) is 33.0 Å². The van der Waals surface area contributed by atoms with Crippen molar-refractivity contribution in [1.82, 2.24) is 19.6 Å². The molecule has 25 heavy (non-hydrogen) atoms. The normalized spacial score (nSPS) is 11.8. The number of alkyl halides is 3. The number of rotatable bonds is 4. The molecule has 0 amide bonds. The molecule has 0 atom stereocenters.